The van der Waals surface area contributed by atoms with E-state index in [0.717, 1.165) is 18.6 Å². The van der Waals surface area contributed by atoms with Crippen LogP contribution in [0.25, 0.3) is 0 Å². The first-order valence-corrected chi connectivity index (χ1v) is 5.34. The van der Waals surface area contributed by atoms with E-state index in [4.69, 9.17) is 19.9 Å². The van der Waals surface area contributed by atoms with Gasteiger partial charge in [-0.15, -0.1) is 0 Å². The van der Waals surface area contributed by atoms with Crippen molar-refractivity contribution in [2.45, 2.75) is 12.8 Å². The minimum absolute atomic E-state index is 0.0500. The maximum atomic E-state index is 8.54. The van der Waals surface area contributed by atoms with Crippen LogP contribution in [0.1, 0.15) is 12.8 Å². The fraction of sp³-hybridized carbons (Fsp3) is 1.00. The maximum absolute atomic E-state index is 8.54. The number of thiol groups is 1. The number of hydrogen-bond donors (Lipinski definition) is 3. The van der Waals surface area contributed by atoms with Crippen molar-refractivity contribution in [3.05, 3.63) is 0 Å². The molecule has 0 spiro atoms. The summed E-state index contributed by atoms with van der Waals surface area (Å²) in [7, 11) is 0. The van der Waals surface area contributed by atoms with Crippen LogP contribution in [0.5, 0.6) is 0 Å². The van der Waals surface area contributed by atoms with Crippen LogP contribution >= 0.6 is 12.6 Å². The Labute approximate surface area is 89.9 Å². The van der Waals surface area contributed by atoms with E-state index in [2.05, 4.69) is 12.6 Å². The van der Waals surface area contributed by atoms with E-state index in [-0.39, 0.29) is 26.4 Å². The Hall–Kier alpha value is 0.150. The Morgan fingerprint density at radius 2 is 1.57 bits per heavy atom. The van der Waals surface area contributed by atoms with Crippen LogP contribution in [0.3, 0.4) is 0 Å². The summed E-state index contributed by atoms with van der Waals surface area (Å²) in [5.74, 6) is 0.827. The molecule has 0 heterocycles. The second kappa shape index (κ2) is 11.2. The minimum atomic E-state index is -0.0500. The molecule has 0 aromatic rings. The molecule has 0 rings (SSSR count). The van der Waals surface area contributed by atoms with Gasteiger partial charge in [-0.1, -0.05) is 5.23 Å². The summed E-state index contributed by atoms with van der Waals surface area (Å²) in [6, 6.07) is 0. The Kier molecular flexibility index (Phi) is 11.3. The van der Waals surface area contributed by atoms with Gasteiger partial charge < -0.3 is 10.2 Å². The lowest BCUT2D eigenvalue weighted by Gasteiger charge is -2.19. The lowest BCUT2D eigenvalue weighted by molar-refractivity contribution is -0.371. The van der Waals surface area contributed by atoms with Crippen LogP contribution in [0.2, 0.25) is 0 Å². The Morgan fingerprint density at radius 1 is 1.00 bits per heavy atom. The van der Waals surface area contributed by atoms with Crippen LogP contribution in [0.4, 0.5) is 0 Å². The topological polar surface area (TPSA) is 62.2 Å². The number of rotatable bonds is 10. The zero-order valence-corrected chi connectivity index (χ0v) is 9.16. The number of aliphatic hydroxyl groups is 2. The lowest BCUT2D eigenvalue weighted by Crippen LogP contribution is -2.28. The van der Waals surface area contributed by atoms with Gasteiger partial charge in [0.25, 0.3) is 0 Å². The lowest BCUT2D eigenvalue weighted by atomic mass is 10.3. The summed E-state index contributed by atoms with van der Waals surface area (Å²) in [4.78, 5) is 10.1. The molecule has 6 heteroatoms. The maximum Gasteiger partial charge on any atom is 0.0942 e. The monoisotopic (exact) mass is 225 g/mol. The first-order valence-electron chi connectivity index (χ1n) is 4.71. The highest BCUT2D eigenvalue weighted by molar-refractivity contribution is 7.80. The molecule has 0 unspecified atom stereocenters. The molecule has 0 amide bonds. The third kappa shape index (κ3) is 8.74. The zero-order valence-electron chi connectivity index (χ0n) is 8.26. The summed E-state index contributed by atoms with van der Waals surface area (Å²) >= 11 is 4.08. The molecule has 5 nitrogen and oxygen atoms in total. The Bertz CT molecular complexity index is 110. The average Bonchev–Trinajstić information content (AvgIpc) is 2.21. The molecule has 0 aromatic heterocycles. The van der Waals surface area contributed by atoms with Gasteiger partial charge in [0.2, 0.25) is 0 Å². The van der Waals surface area contributed by atoms with E-state index < -0.39 is 0 Å². The largest absolute Gasteiger partial charge is 0.394 e. The number of unbranched alkanes of at least 4 members (excludes halogenated alkanes) is 1. The van der Waals surface area contributed by atoms with Gasteiger partial charge in [-0.3, -0.25) is 9.68 Å². The van der Waals surface area contributed by atoms with Gasteiger partial charge in [-0.05, 0) is 18.6 Å². The van der Waals surface area contributed by atoms with E-state index in [1.807, 2.05) is 0 Å². The molecule has 0 bridgehead atoms. The van der Waals surface area contributed by atoms with Crippen molar-refractivity contribution in [3.8, 4) is 0 Å². The summed E-state index contributed by atoms with van der Waals surface area (Å²) in [6.45, 7) is 0.913. The van der Waals surface area contributed by atoms with E-state index >= 15 is 0 Å². The molecule has 0 saturated carbocycles. The highest BCUT2D eigenvalue weighted by Gasteiger charge is 2.04. The quantitative estimate of drug-likeness (QED) is 0.274. The number of nitrogens with zero attached hydrogens (tertiary/aromatic N) is 1. The first kappa shape index (κ1) is 14.2. The van der Waals surface area contributed by atoms with Gasteiger partial charge >= 0.3 is 0 Å². The molecule has 0 fully saturated rings. The Morgan fingerprint density at radius 3 is 2.00 bits per heavy atom. The molecule has 0 aromatic carbocycles. The number of hydrogen-bond acceptors (Lipinski definition) is 6. The van der Waals surface area contributed by atoms with Crippen LogP contribution in [-0.4, -0.2) is 54.2 Å². The summed E-state index contributed by atoms with van der Waals surface area (Å²) in [5, 5.41) is 18.4. The van der Waals surface area contributed by atoms with Crippen molar-refractivity contribution < 1.29 is 19.9 Å². The first-order chi connectivity index (χ1) is 6.85. The van der Waals surface area contributed by atoms with Gasteiger partial charge in [-0.2, -0.15) is 12.6 Å². The summed E-state index contributed by atoms with van der Waals surface area (Å²) in [6.07, 6.45) is 1.88. The smallest absolute Gasteiger partial charge is 0.0942 e. The van der Waals surface area contributed by atoms with Crippen LogP contribution in [0, 0.1) is 0 Å². The van der Waals surface area contributed by atoms with Crippen molar-refractivity contribution in [2.24, 2.45) is 0 Å². The normalized spacial score (nSPS) is 11.1. The molecule has 14 heavy (non-hydrogen) atoms. The molecule has 0 aliphatic rings. The highest BCUT2D eigenvalue weighted by Crippen LogP contribution is 1.98. The van der Waals surface area contributed by atoms with E-state index in [1.54, 1.807) is 0 Å². The van der Waals surface area contributed by atoms with Crippen LogP contribution < -0.4 is 0 Å². The zero-order chi connectivity index (χ0) is 10.6. The number of hydroxylamine groups is 2. The molecule has 0 radical (unpaired) electrons. The van der Waals surface area contributed by atoms with Gasteiger partial charge in [0, 0.05) is 0 Å². The van der Waals surface area contributed by atoms with Crippen molar-refractivity contribution in [3.63, 3.8) is 0 Å². The average molecular weight is 225 g/mol. The van der Waals surface area contributed by atoms with Crippen molar-refractivity contribution >= 4 is 12.6 Å². The molecule has 0 aliphatic carbocycles. The molecular formula is C8H19NO4S. The fourth-order valence-corrected chi connectivity index (χ4v) is 1.03. The van der Waals surface area contributed by atoms with Gasteiger partial charge in [0.15, 0.2) is 0 Å². The van der Waals surface area contributed by atoms with Crippen molar-refractivity contribution in [1.29, 1.82) is 0 Å². The molecule has 2 N–H and O–H groups in total. The predicted octanol–water partition coefficient (Wildman–Crippen LogP) is -0.154. The van der Waals surface area contributed by atoms with Gasteiger partial charge in [0.1, 0.15) is 0 Å². The number of aliphatic hydroxyl groups excluding tert-OH is 2. The Balaban J connectivity index is 3.49. The van der Waals surface area contributed by atoms with E-state index in [0.29, 0.717) is 6.54 Å². The van der Waals surface area contributed by atoms with Gasteiger partial charge in [0.05, 0.1) is 33.0 Å². The molecule has 0 saturated heterocycles. The second-order valence-electron chi connectivity index (χ2n) is 2.60. The fourth-order valence-electron chi connectivity index (χ4n) is 0.804. The third-order valence-corrected chi connectivity index (χ3v) is 1.72. The minimum Gasteiger partial charge on any atom is -0.394 e. The second-order valence-corrected chi connectivity index (χ2v) is 3.05. The summed E-state index contributed by atoms with van der Waals surface area (Å²) < 4.78 is 0. The van der Waals surface area contributed by atoms with Gasteiger partial charge in [-0.25, -0.2) is 0 Å². The standard InChI is InChI=1S/C8H19NO4S/c10-4-6-12-9(13-7-5-11)3-1-2-8-14/h10-11,14H,1-8H2. The molecule has 0 atom stereocenters. The SMILES string of the molecule is OCCON(CCCCS)OCCO. The van der Waals surface area contributed by atoms with Crippen molar-refractivity contribution in [2.75, 3.05) is 38.7 Å². The van der Waals surface area contributed by atoms with E-state index in [1.165, 1.54) is 5.23 Å². The third-order valence-electron chi connectivity index (χ3n) is 1.40. The molecule has 86 valence electrons. The van der Waals surface area contributed by atoms with E-state index in [9.17, 15) is 0 Å². The predicted molar refractivity (Wildman–Crippen MR) is 55.9 cm³/mol. The highest BCUT2D eigenvalue weighted by atomic mass is 32.1. The molecular weight excluding hydrogens is 206 g/mol. The van der Waals surface area contributed by atoms with Crippen LogP contribution in [0.15, 0.2) is 0 Å². The van der Waals surface area contributed by atoms with Crippen LogP contribution in [-0.2, 0) is 9.68 Å². The summed E-state index contributed by atoms with van der Waals surface area (Å²) in [5.41, 5.74) is 0. The van der Waals surface area contributed by atoms with Crippen molar-refractivity contribution in [1.82, 2.24) is 5.23 Å². The molecule has 0 aliphatic heterocycles.